The molecular weight excluding hydrogens is 182 g/mol. The van der Waals surface area contributed by atoms with E-state index in [0.29, 0.717) is 0 Å². The second-order valence-electron chi connectivity index (χ2n) is 2.78. The number of benzene rings is 1. The van der Waals surface area contributed by atoms with Gasteiger partial charge >= 0.3 is 0 Å². The summed E-state index contributed by atoms with van der Waals surface area (Å²) in [7, 11) is 0. The highest BCUT2D eigenvalue weighted by atomic mass is 32.2. The molecule has 0 spiro atoms. The number of ether oxygens (including phenoxy) is 1. The van der Waals surface area contributed by atoms with E-state index in [1.54, 1.807) is 11.8 Å². The van der Waals surface area contributed by atoms with Crippen molar-refractivity contribution in [3.63, 3.8) is 0 Å². The molecule has 0 aromatic heterocycles. The summed E-state index contributed by atoms with van der Waals surface area (Å²) in [6.07, 6.45) is 2.96. The van der Waals surface area contributed by atoms with Gasteiger partial charge in [-0.3, -0.25) is 0 Å². The fraction of sp³-hybridized carbons (Fsp3) is 0.300. The van der Waals surface area contributed by atoms with Gasteiger partial charge in [-0.1, -0.05) is 12.1 Å². The van der Waals surface area contributed by atoms with Crippen molar-refractivity contribution >= 4 is 22.5 Å². The highest BCUT2D eigenvalue weighted by Gasteiger charge is 2.08. The number of nitrogens with zero attached hydrogens (tertiary/aromatic N) is 1. The summed E-state index contributed by atoms with van der Waals surface area (Å²) >= 11 is 1.69. The maximum absolute atomic E-state index is 5.55. The zero-order valence-corrected chi connectivity index (χ0v) is 8.30. The number of hydrogen-bond donors (Lipinski definition) is 0. The van der Waals surface area contributed by atoms with Crippen molar-refractivity contribution in [3.05, 3.63) is 24.3 Å². The minimum atomic E-state index is 0.733. The molecule has 0 bridgehead atoms. The Labute approximate surface area is 82.0 Å². The van der Waals surface area contributed by atoms with Gasteiger partial charge in [-0.15, -0.1) is 11.8 Å². The van der Waals surface area contributed by atoms with Crippen LogP contribution in [-0.2, 0) is 0 Å². The van der Waals surface area contributed by atoms with Gasteiger partial charge in [-0.2, -0.15) is 0 Å². The normalized spacial score (nSPS) is 15.3. The van der Waals surface area contributed by atoms with E-state index in [2.05, 4.69) is 4.99 Å². The second-order valence-corrected chi connectivity index (χ2v) is 3.66. The van der Waals surface area contributed by atoms with E-state index >= 15 is 0 Å². The zero-order chi connectivity index (χ0) is 9.10. The van der Waals surface area contributed by atoms with Gasteiger partial charge in [0.05, 0.1) is 11.7 Å². The maximum Gasteiger partial charge on any atom is 0.144 e. The van der Waals surface area contributed by atoms with Gasteiger partial charge in [-0.25, -0.2) is 4.99 Å². The van der Waals surface area contributed by atoms with Crippen LogP contribution >= 0.6 is 11.8 Å². The highest BCUT2D eigenvalue weighted by Crippen LogP contribution is 2.30. The first-order valence-corrected chi connectivity index (χ1v) is 5.46. The van der Waals surface area contributed by atoms with Gasteiger partial charge in [0.2, 0.25) is 0 Å². The lowest BCUT2D eigenvalue weighted by Crippen LogP contribution is -1.99. The largest absolute Gasteiger partial charge is 0.491 e. The lowest BCUT2D eigenvalue weighted by atomic mass is 10.3. The summed E-state index contributed by atoms with van der Waals surface area (Å²) in [5.74, 6) is 0.895. The van der Waals surface area contributed by atoms with Gasteiger partial charge in [0.1, 0.15) is 11.4 Å². The Bertz CT molecular complexity index is 335. The lowest BCUT2D eigenvalue weighted by molar-refractivity contribution is 0.334. The van der Waals surface area contributed by atoms with Crippen molar-refractivity contribution in [1.29, 1.82) is 0 Å². The Morgan fingerprint density at radius 2 is 2.23 bits per heavy atom. The third kappa shape index (κ3) is 1.86. The molecular formula is C10H11NOS. The van der Waals surface area contributed by atoms with Gasteiger partial charge in [0.25, 0.3) is 0 Å². The Kier molecular flexibility index (Phi) is 2.54. The van der Waals surface area contributed by atoms with Crippen LogP contribution in [0.4, 0.5) is 5.69 Å². The number of hydrogen-bond acceptors (Lipinski definition) is 3. The first-order valence-electron chi connectivity index (χ1n) is 4.23. The maximum atomic E-state index is 5.55. The van der Waals surface area contributed by atoms with Crippen LogP contribution < -0.4 is 4.74 Å². The smallest absolute Gasteiger partial charge is 0.144 e. The Morgan fingerprint density at radius 1 is 1.38 bits per heavy atom. The SMILES string of the molecule is CSC1=Nc2ccccc2OCC1. The molecule has 0 fully saturated rings. The Balaban J connectivity index is 2.40. The van der Waals surface area contributed by atoms with E-state index in [9.17, 15) is 0 Å². The molecule has 0 unspecified atom stereocenters. The fourth-order valence-electron chi connectivity index (χ4n) is 1.26. The van der Waals surface area contributed by atoms with Gasteiger partial charge in [-0.05, 0) is 18.4 Å². The van der Waals surface area contributed by atoms with Crippen LogP contribution in [0.25, 0.3) is 0 Å². The summed E-state index contributed by atoms with van der Waals surface area (Å²) < 4.78 is 5.55. The molecule has 1 aliphatic rings. The van der Waals surface area contributed by atoms with Gasteiger partial charge in [0.15, 0.2) is 0 Å². The number of aliphatic imine (C=N–C) groups is 1. The molecule has 1 aromatic rings. The zero-order valence-electron chi connectivity index (χ0n) is 7.49. The van der Waals surface area contributed by atoms with E-state index in [0.717, 1.165) is 29.5 Å². The van der Waals surface area contributed by atoms with Crippen LogP contribution in [0.5, 0.6) is 5.75 Å². The van der Waals surface area contributed by atoms with E-state index in [-0.39, 0.29) is 0 Å². The van der Waals surface area contributed by atoms with Crippen LogP contribution in [-0.4, -0.2) is 17.9 Å². The van der Waals surface area contributed by atoms with Crippen LogP contribution in [0, 0.1) is 0 Å². The molecule has 2 nitrogen and oxygen atoms in total. The van der Waals surface area contributed by atoms with Crippen molar-refractivity contribution in [2.75, 3.05) is 12.9 Å². The minimum absolute atomic E-state index is 0.733. The molecule has 68 valence electrons. The molecule has 0 N–H and O–H groups in total. The van der Waals surface area contributed by atoms with Crippen molar-refractivity contribution in [2.24, 2.45) is 4.99 Å². The van der Waals surface area contributed by atoms with Crippen molar-refractivity contribution in [3.8, 4) is 5.75 Å². The monoisotopic (exact) mass is 193 g/mol. The second kappa shape index (κ2) is 3.83. The van der Waals surface area contributed by atoms with Crippen molar-refractivity contribution in [1.82, 2.24) is 0 Å². The lowest BCUT2D eigenvalue weighted by Gasteiger charge is -2.02. The number of fused-ring (bicyclic) bond motifs is 1. The first kappa shape index (κ1) is 8.63. The van der Waals surface area contributed by atoms with E-state index < -0.39 is 0 Å². The predicted molar refractivity (Wildman–Crippen MR) is 57.2 cm³/mol. The standard InChI is InChI=1S/C10H11NOS/c1-13-10-6-7-12-9-5-3-2-4-8(9)11-10/h2-5H,6-7H2,1H3. The van der Waals surface area contributed by atoms with Gasteiger partial charge < -0.3 is 4.74 Å². The molecule has 13 heavy (non-hydrogen) atoms. The molecule has 0 atom stereocenters. The van der Waals surface area contributed by atoms with Crippen molar-refractivity contribution < 1.29 is 4.74 Å². The summed E-state index contributed by atoms with van der Waals surface area (Å²) in [5.41, 5.74) is 0.948. The quantitative estimate of drug-likeness (QED) is 0.632. The predicted octanol–water partition coefficient (Wildman–Crippen LogP) is 2.86. The summed E-state index contributed by atoms with van der Waals surface area (Å²) in [5, 5.41) is 1.14. The summed E-state index contributed by atoms with van der Waals surface area (Å²) in [4.78, 5) is 4.51. The summed E-state index contributed by atoms with van der Waals surface area (Å²) in [6.45, 7) is 0.733. The third-order valence-electron chi connectivity index (χ3n) is 1.92. The van der Waals surface area contributed by atoms with E-state index in [1.807, 2.05) is 30.5 Å². The number of rotatable bonds is 0. The molecule has 0 aliphatic carbocycles. The molecule has 1 aromatic carbocycles. The first-order chi connectivity index (χ1) is 6.40. The topological polar surface area (TPSA) is 21.6 Å². The Morgan fingerprint density at radius 3 is 3.08 bits per heavy atom. The van der Waals surface area contributed by atoms with E-state index in [1.165, 1.54) is 0 Å². The molecule has 1 heterocycles. The average Bonchev–Trinajstić information content (AvgIpc) is 2.38. The van der Waals surface area contributed by atoms with Crippen molar-refractivity contribution in [2.45, 2.75) is 6.42 Å². The molecule has 2 rings (SSSR count). The third-order valence-corrected chi connectivity index (χ3v) is 2.69. The van der Waals surface area contributed by atoms with Crippen LogP contribution in [0.2, 0.25) is 0 Å². The molecule has 1 aliphatic heterocycles. The van der Waals surface area contributed by atoms with E-state index in [4.69, 9.17) is 4.74 Å². The molecule has 0 saturated heterocycles. The number of thioether (sulfide) groups is 1. The van der Waals surface area contributed by atoms with Crippen LogP contribution in [0.15, 0.2) is 29.3 Å². The average molecular weight is 193 g/mol. The molecule has 0 radical (unpaired) electrons. The van der Waals surface area contributed by atoms with Crippen LogP contribution in [0.3, 0.4) is 0 Å². The summed E-state index contributed by atoms with van der Waals surface area (Å²) in [6, 6.07) is 7.90. The van der Waals surface area contributed by atoms with Crippen LogP contribution in [0.1, 0.15) is 6.42 Å². The molecule has 3 heteroatoms. The number of para-hydroxylation sites is 2. The minimum Gasteiger partial charge on any atom is -0.491 e. The molecule has 0 saturated carbocycles. The fourth-order valence-corrected chi connectivity index (χ4v) is 1.73. The highest BCUT2D eigenvalue weighted by molar-refractivity contribution is 8.13. The van der Waals surface area contributed by atoms with Gasteiger partial charge in [0, 0.05) is 6.42 Å². The molecule has 0 amide bonds. The Hall–Kier alpha value is -0.960.